The zero-order chi connectivity index (χ0) is 55.7. The second kappa shape index (κ2) is 64.3. The molecule has 0 aromatic rings. The molecular weight excluding hydrogens is 949 g/mol. The van der Waals surface area contributed by atoms with E-state index in [1.54, 1.807) is 0 Å². The van der Waals surface area contributed by atoms with E-state index in [9.17, 15) is 14.4 Å². The van der Waals surface area contributed by atoms with E-state index in [-0.39, 0.29) is 31.1 Å². The lowest BCUT2D eigenvalue weighted by molar-refractivity contribution is -0.167. The van der Waals surface area contributed by atoms with Gasteiger partial charge in [0.2, 0.25) is 0 Å². The van der Waals surface area contributed by atoms with Crippen LogP contribution in [0.2, 0.25) is 0 Å². The highest BCUT2D eigenvalue weighted by molar-refractivity contribution is 5.71. The monoisotopic (exact) mass is 1070 g/mol. The summed E-state index contributed by atoms with van der Waals surface area (Å²) in [6, 6.07) is 0. The van der Waals surface area contributed by atoms with E-state index in [4.69, 9.17) is 14.2 Å². The Balaban J connectivity index is 4.31. The summed E-state index contributed by atoms with van der Waals surface area (Å²) in [5, 5.41) is 0. The van der Waals surface area contributed by atoms with E-state index < -0.39 is 6.10 Å². The number of carbonyl (C=O) groups excluding carboxylic acids is 3. The molecule has 0 aliphatic heterocycles. The van der Waals surface area contributed by atoms with Crippen molar-refractivity contribution in [2.24, 2.45) is 0 Å². The first-order valence-corrected chi connectivity index (χ1v) is 32.0. The summed E-state index contributed by atoms with van der Waals surface area (Å²) in [6.45, 7) is 6.37. The molecule has 0 aromatic heterocycles. The lowest BCUT2D eigenvalue weighted by Gasteiger charge is -2.18. The van der Waals surface area contributed by atoms with Crippen molar-refractivity contribution in [3.63, 3.8) is 0 Å². The maximum Gasteiger partial charge on any atom is 0.306 e. The topological polar surface area (TPSA) is 78.9 Å². The van der Waals surface area contributed by atoms with Crippen molar-refractivity contribution >= 4 is 17.9 Å². The predicted molar refractivity (Wildman–Crippen MR) is 334 cm³/mol. The smallest absolute Gasteiger partial charge is 0.306 e. The number of unbranched alkanes of at least 4 members (excludes halogenated alkanes) is 26. The van der Waals surface area contributed by atoms with Gasteiger partial charge in [0.05, 0.1) is 0 Å². The van der Waals surface area contributed by atoms with Gasteiger partial charge >= 0.3 is 17.9 Å². The van der Waals surface area contributed by atoms with E-state index >= 15 is 0 Å². The van der Waals surface area contributed by atoms with Crippen LogP contribution in [0.25, 0.3) is 0 Å². The van der Waals surface area contributed by atoms with Crippen LogP contribution in [0, 0.1) is 0 Å². The van der Waals surface area contributed by atoms with Crippen LogP contribution in [0.15, 0.2) is 122 Å². The maximum atomic E-state index is 12.9. The zero-order valence-electron chi connectivity index (χ0n) is 50.2. The quantitative estimate of drug-likeness (QED) is 0.0261. The molecular formula is C71H118O6. The summed E-state index contributed by atoms with van der Waals surface area (Å²) in [5.41, 5.74) is 0. The van der Waals surface area contributed by atoms with E-state index in [2.05, 4.69) is 142 Å². The number of carbonyl (C=O) groups is 3. The third-order valence-electron chi connectivity index (χ3n) is 13.4. The van der Waals surface area contributed by atoms with Gasteiger partial charge in [-0.25, -0.2) is 0 Å². The summed E-state index contributed by atoms with van der Waals surface area (Å²) >= 11 is 0. The number of rotatable bonds is 57. The molecule has 0 fully saturated rings. The van der Waals surface area contributed by atoms with Crippen molar-refractivity contribution in [2.75, 3.05) is 13.2 Å². The van der Waals surface area contributed by atoms with Crippen LogP contribution in [0.4, 0.5) is 0 Å². The van der Waals surface area contributed by atoms with Crippen molar-refractivity contribution in [1.82, 2.24) is 0 Å². The average molecular weight is 1070 g/mol. The Labute approximate surface area is 475 Å². The van der Waals surface area contributed by atoms with Crippen LogP contribution < -0.4 is 0 Å². The zero-order valence-corrected chi connectivity index (χ0v) is 50.2. The Bertz CT molecular complexity index is 1600. The van der Waals surface area contributed by atoms with E-state index in [1.807, 2.05) is 0 Å². The third-order valence-corrected chi connectivity index (χ3v) is 13.4. The molecule has 0 bridgehead atoms. The van der Waals surface area contributed by atoms with Gasteiger partial charge in [-0.15, -0.1) is 0 Å². The average Bonchev–Trinajstić information content (AvgIpc) is 3.43. The number of esters is 3. The lowest BCUT2D eigenvalue weighted by Crippen LogP contribution is -2.30. The van der Waals surface area contributed by atoms with Crippen molar-refractivity contribution in [2.45, 2.75) is 297 Å². The molecule has 6 nitrogen and oxygen atoms in total. The maximum absolute atomic E-state index is 12.9. The first-order chi connectivity index (χ1) is 38.0. The molecule has 1 unspecified atom stereocenters. The molecule has 0 aliphatic carbocycles. The molecule has 0 rings (SSSR count). The lowest BCUT2D eigenvalue weighted by atomic mass is 10.0. The largest absolute Gasteiger partial charge is 0.462 e. The van der Waals surface area contributed by atoms with E-state index in [1.165, 1.54) is 122 Å². The Morgan fingerprint density at radius 3 is 0.805 bits per heavy atom. The van der Waals surface area contributed by atoms with Gasteiger partial charge in [-0.1, -0.05) is 271 Å². The molecule has 0 saturated heterocycles. The van der Waals surface area contributed by atoms with Crippen LogP contribution in [0.5, 0.6) is 0 Å². The Kier molecular flexibility index (Phi) is 60.8. The minimum Gasteiger partial charge on any atom is -0.462 e. The van der Waals surface area contributed by atoms with Crippen molar-refractivity contribution < 1.29 is 28.6 Å². The predicted octanol–water partition coefficient (Wildman–Crippen LogP) is 22.0. The van der Waals surface area contributed by atoms with Gasteiger partial charge in [-0.3, -0.25) is 14.4 Å². The molecule has 438 valence electrons. The van der Waals surface area contributed by atoms with E-state index in [0.717, 1.165) is 128 Å². The highest BCUT2D eigenvalue weighted by atomic mass is 16.6. The Hall–Kier alpha value is -4.19. The molecule has 0 saturated carbocycles. The normalized spacial score (nSPS) is 12.9. The van der Waals surface area contributed by atoms with Gasteiger partial charge in [-0.05, 0) is 122 Å². The van der Waals surface area contributed by atoms with Gasteiger partial charge in [0.15, 0.2) is 6.10 Å². The number of ether oxygens (including phenoxy) is 3. The van der Waals surface area contributed by atoms with Crippen LogP contribution in [-0.2, 0) is 28.6 Å². The van der Waals surface area contributed by atoms with Crippen LogP contribution in [0.1, 0.15) is 290 Å². The molecule has 0 aromatic carbocycles. The summed E-state index contributed by atoms with van der Waals surface area (Å²) in [4.78, 5) is 38.3. The summed E-state index contributed by atoms with van der Waals surface area (Å²) < 4.78 is 16.9. The summed E-state index contributed by atoms with van der Waals surface area (Å²) in [6.07, 6.45) is 89.2. The third kappa shape index (κ3) is 62.5. The number of hydrogen-bond acceptors (Lipinski definition) is 6. The first-order valence-electron chi connectivity index (χ1n) is 32.0. The number of allylic oxidation sites excluding steroid dienone is 20. The summed E-state index contributed by atoms with van der Waals surface area (Å²) in [5.74, 6) is -0.906. The highest BCUT2D eigenvalue weighted by Gasteiger charge is 2.19. The fourth-order valence-corrected chi connectivity index (χ4v) is 8.68. The van der Waals surface area contributed by atoms with Gasteiger partial charge in [0.25, 0.3) is 0 Å². The standard InChI is InChI=1S/C71H118O6/c1-4-7-10-13-16-19-22-24-26-28-30-32-34-35-37-38-40-42-44-46-49-52-55-58-61-64-70(73)76-67-68(66-75-69(72)63-60-57-54-51-48-21-18-15-12-9-6-3)77-71(74)65-62-59-56-53-50-47-45-43-41-39-36-33-31-29-27-25-23-20-17-14-11-8-5-2/h7-8,10-11,15-20,24-27,30-33,39,41,68H,4-6,9,12-14,21-23,28-29,34-38,40,42-67H2,1-3H3/b10-7-,11-8-,18-15-,19-16-,20-17-,26-24-,27-25-,32-30-,33-31-,41-39-. The second-order valence-electron chi connectivity index (χ2n) is 20.9. The van der Waals surface area contributed by atoms with Gasteiger partial charge < -0.3 is 14.2 Å². The highest BCUT2D eigenvalue weighted by Crippen LogP contribution is 2.16. The van der Waals surface area contributed by atoms with Gasteiger partial charge in [-0.2, -0.15) is 0 Å². The molecule has 0 radical (unpaired) electrons. The van der Waals surface area contributed by atoms with Gasteiger partial charge in [0, 0.05) is 19.3 Å². The molecule has 0 spiro atoms. The fraction of sp³-hybridized carbons (Fsp3) is 0.676. The minimum absolute atomic E-state index is 0.0876. The molecule has 0 aliphatic rings. The summed E-state index contributed by atoms with van der Waals surface area (Å²) in [7, 11) is 0. The number of hydrogen-bond donors (Lipinski definition) is 0. The Morgan fingerprint density at radius 2 is 0.506 bits per heavy atom. The fourth-order valence-electron chi connectivity index (χ4n) is 8.68. The Morgan fingerprint density at radius 1 is 0.273 bits per heavy atom. The SMILES string of the molecule is CC/C=C\C/C=C\C/C=C\C/C=C\C/C=C\CCCCCCCCCC(=O)OC(COC(=O)CCCCCCC/C=C\CCCC)COC(=O)CCCCCCCCCCCCCC/C=C\C/C=C\C/C=C\C/C=C\CC. The molecule has 6 heteroatoms. The van der Waals surface area contributed by atoms with Crippen molar-refractivity contribution in [3.05, 3.63) is 122 Å². The molecule has 0 N–H and O–H groups in total. The minimum atomic E-state index is -0.792. The second-order valence-corrected chi connectivity index (χ2v) is 20.9. The van der Waals surface area contributed by atoms with Crippen molar-refractivity contribution in [3.8, 4) is 0 Å². The van der Waals surface area contributed by atoms with E-state index in [0.29, 0.717) is 19.3 Å². The molecule has 77 heavy (non-hydrogen) atoms. The molecule has 0 heterocycles. The molecule has 0 amide bonds. The van der Waals surface area contributed by atoms with Crippen LogP contribution in [-0.4, -0.2) is 37.2 Å². The van der Waals surface area contributed by atoms with Crippen LogP contribution >= 0.6 is 0 Å². The molecule has 1 atom stereocenters. The van der Waals surface area contributed by atoms with Crippen molar-refractivity contribution in [1.29, 1.82) is 0 Å². The first kappa shape index (κ1) is 72.8. The van der Waals surface area contributed by atoms with Crippen LogP contribution in [0.3, 0.4) is 0 Å². The van der Waals surface area contributed by atoms with Gasteiger partial charge in [0.1, 0.15) is 13.2 Å².